The molecule has 0 saturated carbocycles. The average molecular weight is 262 g/mol. The van der Waals surface area contributed by atoms with Crippen molar-refractivity contribution >= 4 is 15.7 Å². The molecule has 1 heterocycles. The van der Waals surface area contributed by atoms with Gasteiger partial charge in [-0.15, -0.1) is 0 Å². The second-order valence-corrected chi connectivity index (χ2v) is 7.91. The minimum absolute atomic E-state index is 0.0794. The van der Waals surface area contributed by atoms with Gasteiger partial charge in [-0.1, -0.05) is 0 Å². The van der Waals surface area contributed by atoms with Crippen LogP contribution in [0.5, 0.6) is 0 Å². The van der Waals surface area contributed by atoms with Crippen molar-refractivity contribution in [2.24, 2.45) is 5.92 Å². The molecule has 1 rings (SSSR count). The summed E-state index contributed by atoms with van der Waals surface area (Å²) < 4.78 is 22.4. The molecule has 2 N–H and O–H groups in total. The lowest BCUT2D eigenvalue weighted by molar-refractivity contribution is -0.120. The zero-order valence-electron chi connectivity index (χ0n) is 10.7. The minimum Gasteiger partial charge on any atom is -0.355 e. The van der Waals surface area contributed by atoms with Crippen molar-refractivity contribution in [2.45, 2.75) is 32.7 Å². The van der Waals surface area contributed by atoms with Gasteiger partial charge in [0.2, 0.25) is 5.91 Å². The van der Waals surface area contributed by atoms with Crippen LogP contribution in [0.25, 0.3) is 0 Å². The van der Waals surface area contributed by atoms with Gasteiger partial charge in [-0.05, 0) is 33.1 Å². The van der Waals surface area contributed by atoms with E-state index < -0.39 is 9.84 Å². The maximum Gasteiger partial charge on any atom is 0.233 e. The van der Waals surface area contributed by atoms with E-state index in [2.05, 4.69) is 10.6 Å². The Labute approximate surface area is 103 Å². The molecule has 1 saturated heterocycles. The molecule has 0 aliphatic carbocycles. The molecule has 0 aromatic heterocycles. The quantitative estimate of drug-likeness (QED) is 0.743. The van der Waals surface area contributed by atoms with Crippen molar-refractivity contribution in [3.63, 3.8) is 0 Å². The van der Waals surface area contributed by atoms with Crippen LogP contribution < -0.4 is 10.6 Å². The van der Waals surface area contributed by atoms with E-state index in [0.717, 1.165) is 0 Å². The van der Waals surface area contributed by atoms with Crippen molar-refractivity contribution in [3.05, 3.63) is 0 Å². The van der Waals surface area contributed by atoms with Crippen LogP contribution in [0.4, 0.5) is 0 Å². The van der Waals surface area contributed by atoms with Gasteiger partial charge in [0.15, 0.2) is 9.84 Å². The normalized spacial score (nSPS) is 23.6. The summed E-state index contributed by atoms with van der Waals surface area (Å²) in [4.78, 5) is 11.5. The highest BCUT2D eigenvalue weighted by Crippen LogP contribution is 2.17. The predicted molar refractivity (Wildman–Crippen MR) is 67.5 cm³/mol. The fourth-order valence-corrected chi connectivity index (χ4v) is 3.56. The zero-order chi connectivity index (χ0) is 13.1. The Balaban J connectivity index is 2.21. The Morgan fingerprint density at radius 1 is 1.35 bits per heavy atom. The van der Waals surface area contributed by atoms with Crippen LogP contribution in [-0.4, -0.2) is 44.5 Å². The Morgan fingerprint density at radius 2 is 2.00 bits per heavy atom. The molecule has 1 amide bonds. The van der Waals surface area contributed by atoms with E-state index in [4.69, 9.17) is 0 Å². The summed E-state index contributed by atoms with van der Waals surface area (Å²) in [5, 5.41) is 5.85. The highest BCUT2D eigenvalue weighted by atomic mass is 32.2. The van der Waals surface area contributed by atoms with Gasteiger partial charge < -0.3 is 10.6 Å². The van der Waals surface area contributed by atoms with Crippen LogP contribution in [0, 0.1) is 5.92 Å². The van der Waals surface area contributed by atoms with E-state index >= 15 is 0 Å². The zero-order valence-corrected chi connectivity index (χ0v) is 11.6. The summed E-state index contributed by atoms with van der Waals surface area (Å²) in [5.41, 5.74) is -0.0892. The number of carbonyl (C=O) groups is 1. The van der Waals surface area contributed by atoms with E-state index in [1.54, 1.807) is 0 Å². The van der Waals surface area contributed by atoms with Gasteiger partial charge in [-0.2, -0.15) is 0 Å². The molecule has 1 aliphatic rings. The standard InChI is InChI=1S/C11H22N2O3S/c1-11(2,3)13-7-10(14)12-6-9-4-5-17(15,16)8-9/h9,13H,4-8H2,1-3H3,(H,12,14). The third kappa shape index (κ3) is 6.02. The summed E-state index contributed by atoms with van der Waals surface area (Å²) in [6, 6.07) is 0. The van der Waals surface area contributed by atoms with Crippen molar-refractivity contribution in [3.8, 4) is 0 Å². The van der Waals surface area contributed by atoms with Gasteiger partial charge in [-0.3, -0.25) is 4.79 Å². The lowest BCUT2D eigenvalue weighted by Crippen LogP contribution is -2.44. The molecule has 0 aromatic carbocycles. The lowest BCUT2D eigenvalue weighted by atomic mass is 10.1. The third-order valence-corrected chi connectivity index (χ3v) is 4.53. The van der Waals surface area contributed by atoms with E-state index in [1.165, 1.54) is 0 Å². The van der Waals surface area contributed by atoms with Crippen molar-refractivity contribution < 1.29 is 13.2 Å². The Kier molecular flexibility index (Phi) is 4.55. The Bertz CT molecular complexity index is 371. The van der Waals surface area contributed by atoms with Crippen molar-refractivity contribution in [1.29, 1.82) is 0 Å². The maximum atomic E-state index is 11.5. The van der Waals surface area contributed by atoms with Gasteiger partial charge in [0.1, 0.15) is 0 Å². The molecule has 1 fully saturated rings. The van der Waals surface area contributed by atoms with Crippen LogP contribution in [0.1, 0.15) is 27.2 Å². The van der Waals surface area contributed by atoms with E-state index in [0.29, 0.717) is 13.0 Å². The number of sulfone groups is 1. The number of rotatable bonds is 4. The topological polar surface area (TPSA) is 75.3 Å². The van der Waals surface area contributed by atoms with Gasteiger partial charge in [0.25, 0.3) is 0 Å². The summed E-state index contributed by atoms with van der Waals surface area (Å²) in [5.74, 6) is 0.469. The highest BCUT2D eigenvalue weighted by Gasteiger charge is 2.27. The van der Waals surface area contributed by atoms with Gasteiger partial charge >= 0.3 is 0 Å². The number of hydrogen-bond acceptors (Lipinski definition) is 4. The van der Waals surface area contributed by atoms with Gasteiger partial charge in [0.05, 0.1) is 18.1 Å². The van der Waals surface area contributed by atoms with Crippen LogP contribution >= 0.6 is 0 Å². The molecule has 100 valence electrons. The fraction of sp³-hybridized carbons (Fsp3) is 0.909. The van der Waals surface area contributed by atoms with Gasteiger partial charge in [-0.25, -0.2) is 8.42 Å². The Morgan fingerprint density at radius 3 is 2.47 bits per heavy atom. The molecule has 1 aliphatic heterocycles. The molecule has 1 atom stereocenters. The summed E-state index contributed by atoms with van der Waals surface area (Å²) in [6.45, 7) is 6.70. The average Bonchev–Trinajstić information content (AvgIpc) is 2.51. The SMILES string of the molecule is CC(C)(C)NCC(=O)NCC1CCS(=O)(=O)C1. The smallest absolute Gasteiger partial charge is 0.233 e. The summed E-state index contributed by atoms with van der Waals surface area (Å²) in [7, 11) is -2.85. The van der Waals surface area contributed by atoms with E-state index in [1.807, 2.05) is 20.8 Å². The van der Waals surface area contributed by atoms with Gasteiger partial charge in [0, 0.05) is 12.1 Å². The number of nitrogens with one attached hydrogen (secondary N) is 2. The molecule has 5 nitrogen and oxygen atoms in total. The molecular formula is C11H22N2O3S. The monoisotopic (exact) mass is 262 g/mol. The first-order chi connectivity index (χ1) is 7.68. The maximum absolute atomic E-state index is 11.5. The molecule has 6 heteroatoms. The Hall–Kier alpha value is -0.620. The lowest BCUT2D eigenvalue weighted by Gasteiger charge is -2.20. The summed E-state index contributed by atoms with van der Waals surface area (Å²) >= 11 is 0. The predicted octanol–water partition coefficient (Wildman–Crippen LogP) is -0.0746. The van der Waals surface area contributed by atoms with Crippen LogP contribution in [0.15, 0.2) is 0 Å². The molecule has 0 bridgehead atoms. The molecule has 0 aromatic rings. The van der Waals surface area contributed by atoms with Crippen LogP contribution in [0.2, 0.25) is 0 Å². The molecule has 17 heavy (non-hydrogen) atoms. The first-order valence-corrected chi connectivity index (χ1v) is 7.72. The van der Waals surface area contributed by atoms with E-state index in [-0.39, 0.29) is 35.4 Å². The molecule has 1 unspecified atom stereocenters. The highest BCUT2D eigenvalue weighted by molar-refractivity contribution is 7.91. The second kappa shape index (κ2) is 5.35. The number of amides is 1. The fourth-order valence-electron chi connectivity index (χ4n) is 1.70. The third-order valence-electron chi connectivity index (χ3n) is 2.69. The van der Waals surface area contributed by atoms with Crippen LogP contribution in [0.3, 0.4) is 0 Å². The number of carbonyl (C=O) groups excluding carboxylic acids is 1. The molecule has 0 radical (unpaired) electrons. The first-order valence-electron chi connectivity index (χ1n) is 5.90. The first kappa shape index (κ1) is 14.4. The largest absolute Gasteiger partial charge is 0.355 e. The van der Waals surface area contributed by atoms with Crippen molar-refractivity contribution in [1.82, 2.24) is 10.6 Å². The molecular weight excluding hydrogens is 240 g/mol. The molecule has 0 spiro atoms. The van der Waals surface area contributed by atoms with Crippen LogP contribution in [-0.2, 0) is 14.6 Å². The number of hydrogen-bond donors (Lipinski definition) is 2. The van der Waals surface area contributed by atoms with E-state index in [9.17, 15) is 13.2 Å². The summed E-state index contributed by atoms with van der Waals surface area (Å²) in [6.07, 6.45) is 0.662. The second-order valence-electron chi connectivity index (χ2n) is 5.68. The van der Waals surface area contributed by atoms with Crippen molar-refractivity contribution in [2.75, 3.05) is 24.6 Å². The minimum atomic E-state index is -2.85.